The van der Waals surface area contributed by atoms with Crippen molar-refractivity contribution in [1.82, 2.24) is 4.90 Å². The molecule has 0 aliphatic carbocycles. The van der Waals surface area contributed by atoms with Crippen LogP contribution in [0.1, 0.15) is 20.3 Å². The van der Waals surface area contributed by atoms with E-state index >= 15 is 0 Å². The van der Waals surface area contributed by atoms with E-state index in [9.17, 15) is 0 Å². The third kappa shape index (κ3) is 4.88. The number of nitrogens with zero attached hydrogens (tertiary/aromatic N) is 2. The lowest BCUT2D eigenvalue weighted by Crippen LogP contribution is -2.25. The van der Waals surface area contributed by atoms with Gasteiger partial charge in [0, 0.05) is 6.54 Å². The Bertz CT molecular complexity index is 349. The second-order valence-electron chi connectivity index (χ2n) is 3.83. The molecule has 1 rings (SSSR count). The maximum atomic E-state index is 6.85. The molecule has 0 unspecified atom stereocenters. The Balaban J connectivity index is 2.24. The van der Waals surface area contributed by atoms with Gasteiger partial charge in [0.2, 0.25) is 0 Å². The molecule has 1 aromatic rings. The fourth-order valence-corrected chi connectivity index (χ4v) is 1.63. The highest BCUT2D eigenvalue weighted by atomic mass is 16.5. The number of ether oxygens (including phenoxy) is 1. The number of hydrogen-bond acceptors (Lipinski definition) is 2. The van der Waals surface area contributed by atoms with E-state index < -0.39 is 0 Å². The van der Waals surface area contributed by atoms with Gasteiger partial charge in [0.25, 0.3) is 0 Å². The van der Waals surface area contributed by atoms with Gasteiger partial charge in [-0.2, -0.15) is 0 Å². The van der Waals surface area contributed by atoms with Crippen LogP contribution in [-0.4, -0.2) is 31.1 Å². The van der Waals surface area contributed by atoms with E-state index in [0.29, 0.717) is 5.69 Å². The van der Waals surface area contributed by atoms with Crippen molar-refractivity contribution in [3.8, 4) is 5.75 Å². The summed E-state index contributed by atoms with van der Waals surface area (Å²) >= 11 is 0. The Morgan fingerprint density at radius 3 is 2.35 bits per heavy atom. The molecule has 0 amide bonds. The van der Waals surface area contributed by atoms with E-state index in [0.717, 1.165) is 38.4 Å². The summed E-state index contributed by atoms with van der Waals surface area (Å²) in [5, 5.41) is 0. The Hall–Kier alpha value is -1.53. The third-order valence-electron chi connectivity index (χ3n) is 2.75. The fraction of sp³-hybridized carbons (Fsp3) is 0.500. The standard InChI is InChI=1S/C14H20N2O/c1-4-16(5-2)11-6-12-17-14-9-7-13(15-3)8-10-14/h7-10H,4-6,11-12H2,1-2H3. The predicted molar refractivity (Wildman–Crippen MR) is 70.6 cm³/mol. The molecule has 0 radical (unpaired) electrons. The first kappa shape index (κ1) is 13.5. The SMILES string of the molecule is [C-]#[N+]c1ccc(OCCCN(CC)CC)cc1. The van der Waals surface area contributed by atoms with Gasteiger partial charge in [0.1, 0.15) is 5.75 Å². The largest absolute Gasteiger partial charge is 0.494 e. The zero-order valence-corrected chi connectivity index (χ0v) is 10.6. The van der Waals surface area contributed by atoms with Crippen LogP contribution in [0.5, 0.6) is 5.75 Å². The second-order valence-corrected chi connectivity index (χ2v) is 3.83. The highest BCUT2D eigenvalue weighted by molar-refractivity contribution is 5.46. The molecule has 0 aromatic heterocycles. The van der Waals surface area contributed by atoms with Gasteiger partial charge < -0.3 is 9.64 Å². The van der Waals surface area contributed by atoms with Crippen LogP contribution in [0.2, 0.25) is 0 Å². The van der Waals surface area contributed by atoms with Crippen LogP contribution in [-0.2, 0) is 0 Å². The molecular weight excluding hydrogens is 212 g/mol. The molecule has 0 fully saturated rings. The van der Waals surface area contributed by atoms with Gasteiger partial charge in [-0.15, -0.1) is 0 Å². The molecule has 0 aliphatic heterocycles. The summed E-state index contributed by atoms with van der Waals surface area (Å²) in [6.45, 7) is 15.2. The van der Waals surface area contributed by atoms with Crippen molar-refractivity contribution in [2.75, 3.05) is 26.2 Å². The van der Waals surface area contributed by atoms with Crippen molar-refractivity contribution in [2.45, 2.75) is 20.3 Å². The Morgan fingerprint density at radius 1 is 1.18 bits per heavy atom. The first-order valence-electron chi connectivity index (χ1n) is 6.12. The molecule has 0 bridgehead atoms. The molecule has 92 valence electrons. The van der Waals surface area contributed by atoms with E-state index in [1.165, 1.54) is 0 Å². The Kier molecular flexibility index (Phi) is 6.13. The summed E-state index contributed by atoms with van der Waals surface area (Å²) in [6, 6.07) is 7.27. The van der Waals surface area contributed by atoms with Gasteiger partial charge in [-0.05, 0) is 31.6 Å². The summed E-state index contributed by atoms with van der Waals surface area (Å²) in [5.41, 5.74) is 0.653. The topological polar surface area (TPSA) is 16.8 Å². The maximum absolute atomic E-state index is 6.85. The van der Waals surface area contributed by atoms with Crippen LogP contribution in [0.3, 0.4) is 0 Å². The first-order valence-corrected chi connectivity index (χ1v) is 6.12. The number of benzene rings is 1. The summed E-state index contributed by atoms with van der Waals surface area (Å²) in [4.78, 5) is 5.72. The fourth-order valence-electron chi connectivity index (χ4n) is 1.63. The van der Waals surface area contributed by atoms with Gasteiger partial charge in [-0.25, -0.2) is 4.85 Å². The smallest absolute Gasteiger partial charge is 0.187 e. The normalized spacial score (nSPS) is 10.2. The van der Waals surface area contributed by atoms with Gasteiger partial charge in [-0.3, -0.25) is 0 Å². The zero-order valence-electron chi connectivity index (χ0n) is 10.6. The quantitative estimate of drug-likeness (QED) is 0.529. The summed E-state index contributed by atoms with van der Waals surface area (Å²) in [6.07, 6.45) is 1.03. The first-order chi connectivity index (χ1) is 8.30. The van der Waals surface area contributed by atoms with E-state index in [2.05, 4.69) is 23.6 Å². The molecule has 0 atom stereocenters. The van der Waals surface area contributed by atoms with Gasteiger partial charge >= 0.3 is 0 Å². The molecule has 0 saturated carbocycles. The van der Waals surface area contributed by atoms with Gasteiger partial charge in [0.15, 0.2) is 5.69 Å². The summed E-state index contributed by atoms with van der Waals surface area (Å²) in [7, 11) is 0. The van der Waals surface area contributed by atoms with Crippen LogP contribution in [0.25, 0.3) is 4.85 Å². The third-order valence-corrected chi connectivity index (χ3v) is 2.75. The van der Waals surface area contributed by atoms with Crippen LogP contribution in [0.4, 0.5) is 5.69 Å². The maximum Gasteiger partial charge on any atom is 0.187 e. The lowest BCUT2D eigenvalue weighted by molar-refractivity contribution is 0.249. The van der Waals surface area contributed by atoms with Crippen LogP contribution in [0, 0.1) is 6.57 Å². The van der Waals surface area contributed by atoms with Crippen molar-refractivity contribution in [3.05, 3.63) is 35.7 Å². The molecule has 17 heavy (non-hydrogen) atoms. The molecule has 1 aromatic carbocycles. The number of hydrogen-bond donors (Lipinski definition) is 0. The minimum atomic E-state index is 0.653. The molecule has 0 saturated heterocycles. The van der Waals surface area contributed by atoms with Crippen LogP contribution < -0.4 is 4.74 Å². The highest BCUT2D eigenvalue weighted by Gasteiger charge is 1.99. The van der Waals surface area contributed by atoms with E-state index in [4.69, 9.17) is 11.3 Å². The van der Waals surface area contributed by atoms with Crippen molar-refractivity contribution in [3.63, 3.8) is 0 Å². The Labute approximate surface area is 104 Å². The summed E-state index contributed by atoms with van der Waals surface area (Å²) < 4.78 is 5.62. The minimum absolute atomic E-state index is 0.653. The Morgan fingerprint density at radius 2 is 1.82 bits per heavy atom. The molecule has 0 N–H and O–H groups in total. The van der Waals surface area contributed by atoms with Crippen molar-refractivity contribution in [1.29, 1.82) is 0 Å². The van der Waals surface area contributed by atoms with E-state index in [1.807, 2.05) is 12.1 Å². The summed E-state index contributed by atoms with van der Waals surface area (Å²) in [5.74, 6) is 0.844. The minimum Gasteiger partial charge on any atom is -0.494 e. The van der Waals surface area contributed by atoms with Gasteiger partial charge in [0.05, 0.1) is 13.2 Å². The lowest BCUT2D eigenvalue weighted by Gasteiger charge is -2.17. The van der Waals surface area contributed by atoms with Crippen molar-refractivity contribution >= 4 is 5.69 Å². The molecule has 0 spiro atoms. The molecular formula is C14H20N2O. The number of rotatable bonds is 7. The second kappa shape index (κ2) is 7.70. The average molecular weight is 232 g/mol. The monoisotopic (exact) mass is 232 g/mol. The zero-order chi connectivity index (χ0) is 12.5. The highest BCUT2D eigenvalue weighted by Crippen LogP contribution is 2.17. The van der Waals surface area contributed by atoms with Crippen molar-refractivity contribution < 1.29 is 4.74 Å². The molecule has 3 heteroatoms. The van der Waals surface area contributed by atoms with Crippen molar-refractivity contribution in [2.24, 2.45) is 0 Å². The van der Waals surface area contributed by atoms with Crippen LogP contribution >= 0.6 is 0 Å². The van der Waals surface area contributed by atoms with Crippen LogP contribution in [0.15, 0.2) is 24.3 Å². The molecule has 3 nitrogen and oxygen atoms in total. The van der Waals surface area contributed by atoms with E-state index in [-0.39, 0.29) is 0 Å². The van der Waals surface area contributed by atoms with E-state index in [1.54, 1.807) is 12.1 Å². The van der Waals surface area contributed by atoms with Gasteiger partial charge in [-0.1, -0.05) is 26.0 Å². The molecule has 0 heterocycles. The lowest BCUT2D eigenvalue weighted by atomic mass is 10.3. The average Bonchev–Trinajstić information content (AvgIpc) is 2.40. The molecule has 0 aliphatic rings. The predicted octanol–water partition coefficient (Wildman–Crippen LogP) is 3.35.